The summed E-state index contributed by atoms with van der Waals surface area (Å²) in [5.41, 5.74) is 0. The van der Waals surface area contributed by atoms with Crippen LogP contribution in [0, 0.1) is 0 Å². The van der Waals surface area contributed by atoms with Crippen molar-refractivity contribution < 1.29 is 9.52 Å². The zero-order valence-electron chi connectivity index (χ0n) is 8.78. The lowest BCUT2D eigenvalue weighted by Crippen LogP contribution is -2.34. The first kappa shape index (κ1) is 10.7. The lowest BCUT2D eigenvalue weighted by atomic mass is 10.2. The fourth-order valence-electron chi connectivity index (χ4n) is 1.90. The first-order chi connectivity index (χ1) is 7.34. The first-order valence-corrected chi connectivity index (χ1v) is 5.49. The van der Waals surface area contributed by atoms with E-state index in [2.05, 4.69) is 10.6 Å². The molecular formula is C11H18N2O2. The van der Waals surface area contributed by atoms with E-state index in [1.165, 1.54) is 0 Å². The molecule has 3 N–H and O–H groups in total. The third-order valence-electron chi connectivity index (χ3n) is 2.72. The molecule has 1 aromatic heterocycles. The number of aliphatic hydroxyl groups excluding tert-OH is 1. The van der Waals surface area contributed by atoms with Gasteiger partial charge in [0.1, 0.15) is 5.76 Å². The average Bonchev–Trinajstić information content (AvgIpc) is 2.84. The molecule has 0 aromatic carbocycles. The molecule has 1 saturated heterocycles. The van der Waals surface area contributed by atoms with Gasteiger partial charge in [-0.25, -0.2) is 0 Å². The van der Waals surface area contributed by atoms with Crippen LogP contribution in [0.25, 0.3) is 0 Å². The highest BCUT2D eigenvalue weighted by atomic mass is 16.3. The highest BCUT2D eigenvalue weighted by molar-refractivity contribution is 4.98. The zero-order valence-corrected chi connectivity index (χ0v) is 8.78. The minimum atomic E-state index is -0.165. The van der Waals surface area contributed by atoms with Crippen LogP contribution in [0.15, 0.2) is 22.8 Å². The van der Waals surface area contributed by atoms with Gasteiger partial charge in [-0.2, -0.15) is 0 Å². The molecule has 0 aliphatic carbocycles. The highest BCUT2D eigenvalue weighted by Gasteiger charge is 2.20. The van der Waals surface area contributed by atoms with Crippen LogP contribution in [0.1, 0.15) is 12.2 Å². The van der Waals surface area contributed by atoms with Crippen LogP contribution in [0.4, 0.5) is 0 Å². The Labute approximate surface area is 89.7 Å². The molecule has 0 bridgehead atoms. The van der Waals surface area contributed by atoms with Gasteiger partial charge in [0.15, 0.2) is 0 Å². The number of furan rings is 1. The molecule has 2 rings (SSSR count). The smallest absolute Gasteiger partial charge is 0.105 e. The predicted octanol–water partition coefficient (Wildman–Crippen LogP) is 0.134. The van der Waals surface area contributed by atoms with Crippen LogP contribution in [-0.2, 0) is 6.42 Å². The first-order valence-electron chi connectivity index (χ1n) is 5.49. The van der Waals surface area contributed by atoms with Crippen molar-refractivity contribution in [2.45, 2.75) is 25.0 Å². The lowest BCUT2D eigenvalue weighted by molar-refractivity contribution is 0.193. The van der Waals surface area contributed by atoms with Crippen molar-refractivity contribution in [1.82, 2.24) is 10.6 Å². The van der Waals surface area contributed by atoms with Gasteiger partial charge in [0.05, 0.1) is 12.4 Å². The van der Waals surface area contributed by atoms with E-state index in [0.29, 0.717) is 6.04 Å². The number of nitrogens with one attached hydrogen (secondary N) is 2. The minimum absolute atomic E-state index is 0.165. The van der Waals surface area contributed by atoms with Gasteiger partial charge in [-0.15, -0.1) is 0 Å². The standard InChI is InChI=1S/C11H18N2O2/c14-10-6-9(13-8-10)7-12-4-3-11-2-1-5-15-11/h1-2,5,9-10,12-14H,3-4,6-8H2. The molecule has 1 fully saturated rings. The molecule has 4 nitrogen and oxygen atoms in total. The topological polar surface area (TPSA) is 57.4 Å². The summed E-state index contributed by atoms with van der Waals surface area (Å²) in [4.78, 5) is 0. The Morgan fingerprint density at radius 2 is 2.53 bits per heavy atom. The summed E-state index contributed by atoms with van der Waals surface area (Å²) < 4.78 is 5.23. The van der Waals surface area contributed by atoms with Gasteiger partial charge < -0.3 is 20.2 Å². The summed E-state index contributed by atoms with van der Waals surface area (Å²) in [5.74, 6) is 1.02. The average molecular weight is 210 g/mol. The Bertz CT molecular complexity index is 274. The van der Waals surface area contributed by atoms with Crippen LogP contribution in [0.5, 0.6) is 0 Å². The summed E-state index contributed by atoms with van der Waals surface area (Å²) in [6, 6.07) is 4.31. The van der Waals surface area contributed by atoms with Crippen LogP contribution in [0.3, 0.4) is 0 Å². The minimum Gasteiger partial charge on any atom is -0.469 e. The third-order valence-corrected chi connectivity index (χ3v) is 2.72. The van der Waals surface area contributed by atoms with Crippen LogP contribution in [-0.4, -0.2) is 36.9 Å². The van der Waals surface area contributed by atoms with Crippen molar-refractivity contribution in [3.05, 3.63) is 24.2 Å². The lowest BCUT2D eigenvalue weighted by Gasteiger charge is -2.10. The van der Waals surface area contributed by atoms with E-state index in [1.54, 1.807) is 6.26 Å². The SMILES string of the molecule is OC1CNC(CNCCc2ccco2)C1. The van der Waals surface area contributed by atoms with E-state index >= 15 is 0 Å². The molecule has 15 heavy (non-hydrogen) atoms. The molecule has 0 saturated carbocycles. The van der Waals surface area contributed by atoms with Gasteiger partial charge >= 0.3 is 0 Å². The quantitative estimate of drug-likeness (QED) is 0.605. The molecule has 0 amide bonds. The molecule has 1 aliphatic heterocycles. The molecule has 84 valence electrons. The molecule has 1 aromatic rings. The van der Waals surface area contributed by atoms with Gasteiger partial charge in [0.25, 0.3) is 0 Å². The Kier molecular flexibility index (Phi) is 3.77. The number of rotatable bonds is 5. The Morgan fingerprint density at radius 1 is 1.60 bits per heavy atom. The molecular weight excluding hydrogens is 192 g/mol. The number of hydrogen-bond donors (Lipinski definition) is 3. The highest BCUT2D eigenvalue weighted by Crippen LogP contribution is 2.05. The van der Waals surface area contributed by atoms with Crippen molar-refractivity contribution >= 4 is 0 Å². The molecule has 2 atom stereocenters. The largest absolute Gasteiger partial charge is 0.469 e. The van der Waals surface area contributed by atoms with Crippen molar-refractivity contribution in [2.75, 3.05) is 19.6 Å². The number of hydrogen-bond acceptors (Lipinski definition) is 4. The summed E-state index contributed by atoms with van der Waals surface area (Å²) >= 11 is 0. The van der Waals surface area contributed by atoms with Crippen LogP contribution >= 0.6 is 0 Å². The maximum atomic E-state index is 9.30. The van der Waals surface area contributed by atoms with Crippen molar-refractivity contribution in [2.24, 2.45) is 0 Å². The summed E-state index contributed by atoms with van der Waals surface area (Å²) in [7, 11) is 0. The van der Waals surface area contributed by atoms with E-state index in [9.17, 15) is 5.11 Å². The van der Waals surface area contributed by atoms with Crippen molar-refractivity contribution in [1.29, 1.82) is 0 Å². The van der Waals surface area contributed by atoms with E-state index < -0.39 is 0 Å². The van der Waals surface area contributed by atoms with E-state index in [4.69, 9.17) is 4.42 Å². The van der Waals surface area contributed by atoms with E-state index in [0.717, 1.165) is 38.2 Å². The van der Waals surface area contributed by atoms with Crippen LogP contribution < -0.4 is 10.6 Å². The maximum absolute atomic E-state index is 9.30. The van der Waals surface area contributed by atoms with Gasteiger partial charge in [-0.3, -0.25) is 0 Å². The van der Waals surface area contributed by atoms with Gasteiger partial charge in [0, 0.05) is 32.1 Å². The summed E-state index contributed by atoms with van der Waals surface area (Å²) in [5, 5.41) is 15.9. The fourth-order valence-corrected chi connectivity index (χ4v) is 1.90. The molecule has 0 spiro atoms. The molecule has 2 heterocycles. The zero-order chi connectivity index (χ0) is 10.5. The third kappa shape index (κ3) is 3.34. The molecule has 2 unspecified atom stereocenters. The molecule has 0 radical (unpaired) electrons. The van der Waals surface area contributed by atoms with Crippen LogP contribution in [0.2, 0.25) is 0 Å². The summed E-state index contributed by atoms with van der Waals surface area (Å²) in [6.07, 6.45) is 3.31. The molecule has 4 heteroatoms. The van der Waals surface area contributed by atoms with E-state index in [1.807, 2.05) is 12.1 Å². The number of aliphatic hydroxyl groups is 1. The van der Waals surface area contributed by atoms with Crippen molar-refractivity contribution in [3.8, 4) is 0 Å². The second-order valence-corrected chi connectivity index (χ2v) is 4.03. The van der Waals surface area contributed by atoms with E-state index in [-0.39, 0.29) is 6.10 Å². The van der Waals surface area contributed by atoms with Gasteiger partial charge in [0.2, 0.25) is 0 Å². The van der Waals surface area contributed by atoms with Crippen molar-refractivity contribution in [3.63, 3.8) is 0 Å². The Hall–Kier alpha value is -0.840. The second kappa shape index (κ2) is 5.30. The number of β-amino-alcohol motifs (C(OH)–C–C–N with tert-alkyl or cyclic N) is 1. The maximum Gasteiger partial charge on any atom is 0.105 e. The predicted molar refractivity (Wildman–Crippen MR) is 57.7 cm³/mol. The fraction of sp³-hybridized carbons (Fsp3) is 0.636. The van der Waals surface area contributed by atoms with Gasteiger partial charge in [-0.1, -0.05) is 0 Å². The monoisotopic (exact) mass is 210 g/mol. The molecule has 1 aliphatic rings. The Balaban J connectivity index is 1.55. The normalized spacial score (nSPS) is 25.9. The Morgan fingerprint density at radius 3 is 3.20 bits per heavy atom. The summed E-state index contributed by atoms with van der Waals surface area (Å²) in [6.45, 7) is 2.56. The second-order valence-electron chi connectivity index (χ2n) is 4.03. The van der Waals surface area contributed by atoms with Gasteiger partial charge in [-0.05, 0) is 18.6 Å².